The number of nitrogens with zero attached hydrogens (tertiary/aromatic N) is 4. The van der Waals surface area contributed by atoms with Gasteiger partial charge in [-0.1, -0.05) is 23.5 Å². The number of ether oxygens (including phenoxy) is 1. The second-order valence-corrected chi connectivity index (χ2v) is 7.69. The van der Waals surface area contributed by atoms with Gasteiger partial charge in [0, 0.05) is 45.6 Å². The van der Waals surface area contributed by atoms with Crippen molar-refractivity contribution in [2.24, 2.45) is 0 Å². The molecule has 1 aromatic carbocycles. The smallest absolute Gasteiger partial charge is 0.223 e. The molecule has 7 nitrogen and oxygen atoms in total. The fourth-order valence-corrected chi connectivity index (χ4v) is 4.34. The standard InChI is InChI=1S/C18H23N5O2S/c1-12(15-4-3-14-5-10-25-16(14)11-15)22-6-8-23(9-7-22)18-21-20-17(26-18)19-13(2)24/h3-4,11-12H,5-10H2,1-2H3,(H,19,20,24). The lowest BCUT2D eigenvalue weighted by molar-refractivity contribution is -0.114. The van der Waals surface area contributed by atoms with Crippen molar-refractivity contribution in [2.75, 3.05) is 43.0 Å². The predicted molar refractivity (Wildman–Crippen MR) is 102 cm³/mol. The number of nitrogens with one attached hydrogen (secondary N) is 1. The average molecular weight is 373 g/mol. The number of carbonyl (C=O) groups excluding carboxylic acids is 1. The maximum absolute atomic E-state index is 11.1. The maximum atomic E-state index is 11.1. The topological polar surface area (TPSA) is 70.6 Å². The van der Waals surface area contributed by atoms with E-state index in [1.165, 1.54) is 29.4 Å². The van der Waals surface area contributed by atoms with E-state index in [4.69, 9.17) is 4.74 Å². The van der Waals surface area contributed by atoms with Gasteiger partial charge in [-0.15, -0.1) is 10.2 Å². The number of anilines is 2. The van der Waals surface area contributed by atoms with Crippen molar-refractivity contribution in [2.45, 2.75) is 26.3 Å². The van der Waals surface area contributed by atoms with Gasteiger partial charge in [0.05, 0.1) is 6.61 Å². The lowest BCUT2D eigenvalue weighted by Crippen LogP contribution is -2.47. The van der Waals surface area contributed by atoms with Crippen molar-refractivity contribution in [3.8, 4) is 5.75 Å². The van der Waals surface area contributed by atoms with Gasteiger partial charge in [-0.05, 0) is 24.1 Å². The molecule has 138 valence electrons. The molecule has 2 aliphatic rings. The molecular weight excluding hydrogens is 350 g/mol. The van der Waals surface area contributed by atoms with E-state index in [0.29, 0.717) is 11.2 Å². The van der Waals surface area contributed by atoms with Crippen molar-refractivity contribution in [1.29, 1.82) is 0 Å². The quantitative estimate of drug-likeness (QED) is 0.887. The number of hydrogen-bond donors (Lipinski definition) is 1. The molecule has 1 atom stereocenters. The Morgan fingerprint density at radius 3 is 2.85 bits per heavy atom. The Morgan fingerprint density at radius 2 is 2.08 bits per heavy atom. The van der Waals surface area contributed by atoms with E-state index in [0.717, 1.165) is 50.1 Å². The molecule has 0 radical (unpaired) electrons. The summed E-state index contributed by atoms with van der Waals surface area (Å²) in [6, 6.07) is 6.99. The summed E-state index contributed by atoms with van der Waals surface area (Å²) in [4.78, 5) is 15.8. The number of piperazine rings is 1. The highest BCUT2D eigenvalue weighted by molar-refractivity contribution is 7.19. The average Bonchev–Trinajstić information content (AvgIpc) is 3.29. The Bertz CT molecular complexity index is 801. The molecule has 1 N–H and O–H groups in total. The summed E-state index contributed by atoms with van der Waals surface area (Å²) in [6.45, 7) is 8.27. The van der Waals surface area contributed by atoms with E-state index >= 15 is 0 Å². The van der Waals surface area contributed by atoms with Crippen LogP contribution >= 0.6 is 11.3 Å². The molecule has 1 unspecified atom stereocenters. The Balaban J connectivity index is 1.37. The number of carbonyl (C=O) groups is 1. The van der Waals surface area contributed by atoms with Crippen LogP contribution in [0.15, 0.2) is 18.2 Å². The minimum Gasteiger partial charge on any atom is -0.493 e. The molecule has 0 spiro atoms. The van der Waals surface area contributed by atoms with E-state index in [-0.39, 0.29) is 5.91 Å². The third kappa shape index (κ3) is 3.52. The third-order valence-corrected chi connectivity index (χ3v) is 5.93. The predicted octanol–water partition coefficient (Wildman–Crippen LogP) is 2.31. The third-order valence-electron chi connectivity index (χ3n) is 5.03. The molecule has 4 rings (SSSR count). The Hall–Kier alpha value is -2.19. The molecular formula is C18H23N5O2S. The number of hydrogen-bond acceptors (Lipinski definition) is 7. The van der Waals surface area contributed by atoms with Crippen LogP contribution < -0.4 is 15.0 Å². The highest BCUT2D eigenvalue weighted by atomic mass is 32.1. The second-order valence-electron chi connectivity index (χ2n) is 6.74. The van der Waals surface area contributed by atoms with E-state index < -0.39 is 0 Å². The summed E-state index contributed by atoms with van der Waals surface area (Å²) < 4.78 is 5.71. The zero-order chi connectivity index (χ0) is 18.1. The van der Waals surface area contributed by atoms with Crippen LogP contribution in [0, 0.1) is 0 Å². The summed E-state index contributed by atoms with van der Waals surface area (Å²) >= 11 is 1.42. The summed E-state index contributed by atoms with van der Waals surface area (Å²) in [5.74, 6) is 0.928. The number of rotatable bonds is 4. The van der Waals surface area contributed by atoms with Gasteiger partial charge in [-0.3, -0.25) is 9.69 Å². The molecule has 26 heavy (non-hydrogen) atoms. The first-order chi connectivity index (χ1) is 12.6. The summed E-state index contributed by atoms with van der Waals surface area (Å²) in [5, 5.41) is 12.4. The largest absolute Gasteiger partial charge is 0.493 e. The number of fused-ring (bicyclic) bond motifs is 1. The van der Waals surface area contributed by atoms with Crippen LogP contribution in [0.1, 0.15) is 31.0 Å². The molecule has 1 aromatic heterocycles. The van der Waals surface area contributed by atoms with E-state index in [9.17, 15) is 4.79 Å². The van der Waals surface area contributed by atoms with Crippen LogP contribution in [0.4, 0.5) is 10.3 Å². The fourth-order valence-electron chi connectivity index (χ4n) is 3.50. The van der Waals surface area contributed by atoms with Gasteiger partial charge in [0.25, 0.3) is 0 Å². The Kier molecular flexibility index (Phi) is 4.78. The number of aromatic nitrogens is 2. The molecule has 0 aliphatic carbocycles. The first kappa shape index (κ1) is 17.2. The van der Waals surface area contributed by atoms with Gasteiger partial charge in [-0.25, -0.2) is 0 Å². The first-order valence-corrected chi connectivity index (χ1v) is 9.77. The summed E-state index contributed by atoms with van der Waals surface area (Å²) in [5.41, 5.74) is 2.62. The second kappa shape index (κ2) is 7.20. The van der Waals surface area contributed by atoms with Crippen molar-refractivity contribution >= 4 is 27.5 Å². The normalized spacial score (nSPS) is 18.3. The van der Waals surface area contributed by atoms with Gasteiger partial charge < -0.3 is 15.0 Å². The molecule has 1 fully saturated rings. The van der Waals surface area contributed by atoms with Crippen LogP contribution in [-0.4, -0.2) is 53.8 Å². The van der Waals surface area contributed by atoms with Crippen LogP contribution in [-0.2, 0) is 11.2 Å². The fraction of sp³-hybridized carbons (Fsp3) is 0.500. The van der Waals surface area contributed by atoms with Crippen LogP contribution in [0.2, 0.25) is 0 Å². The highest BCUT2D eigenvalue weighted by Crippen LogP contribution is 2.32. The van der Waals surface area contributed by atoms with Crippen molar-refractivity contribution < 1.29 is 9.53 Å². The highest BCUT2D eigenvalue weighted by Gasteiger charge is 2.25. The zero-order valence-corrected chi connectivity index (χ0v) is 15.9. The lowest BCUT2D eigenvalue weighted by Gasteiger charge is -2.38. The number of amides is 1. The van der Waals surface area contributed by atoms with E-state index in [1.54, 1.807) is 0 Å². The van der Waals surface area contributed by atoms with Gasteiger partial charge in [-0.2, -0.15) is 0 Å². The van der Waals surface area contributed by atoms with Gasteiger partial charge in [0.2, 0.25) is 16.2 Å². The van der Waals surface area contributed by atoms with E-state index in [1.807, 2.05) is 0 Å². The Morgan fingerprint density at radius 1 is 1.27 bits per heavy atom. The minimum absolute atomic E-state index is 0.121. The molecule has 0 bridgehead atoms. The summed E-state index contributed by atoms with van der Waals surface area (Å²) in [7, 11) is 0. The Labute approximate surface area is 157 Å². The zero-order valence-electron chi connectivity index (χ0n) is 15.1. The van der Waals surface area contributed by atoms with Crippen molar-refractivity contribution in [1.82, 2.24) is 15.1 Å². The van der Waals surface area contributed by atoms with Crippen molar-refractivity contribution in [3.05, 3.63) is 29.3 Å². The first-order valence-electron chi connectivity index (χ1n) is 8.96. The van der Waals surface area contributed by atoms with Gasteiger partial charge in [0.1, 0.15) is 5.75 Å². The molecule has 1 amide bonds. The van der Waals surface area contributed by atoms with Crippen LogP contribution in [0.25, 0.3) is 0 Å². The SMILES string of the molecule is CC(=O)Nc1nnc(N2CCN(C(C)c3ccc4c(c3)OCC4)CC2)s1. The molecule has 8 heteroatoms. The molecule has 2 aromatic rings. The van der Waals surface area contributed by atoms with E-state index in [2.05, 4.69) is 50.4 Å². The molecule has 2 aliphatic heterocycles. The molecule has 0 saturated carbocycles. The van der Waals surface area contributed by atoms with Crippen molar-refractivity contribution in [3.63, 3.8) is 0 Å². The van der Waals surface area contributed by atoms with Gasteiger partial charge in [0.15, 0.2) is 0 Å². The molecule has 3 heterocycles. The molecule has 1 saturated heterocycles. The lowest BCUT2D eigenvalue weighted by atomic mass is 10.0. The van der Waals surface area contributed by atoms with Gasteiger partial charge >= 0.3 is 0 Å². The van der Waals surface area contributed by atoms with Crippen LogP contribution in [0.5, 0.6) is 5.75 Å². The van der Waals surface area contributed by atoms with Crippen LogP contribution in [0.3, 0.4) is 0 Å². The monoisotopic (exact) mass is 373 g/mol. The maximum Gasteiger partial charge on any atom is 0.223 e. The number of benzene rings is 1. The minimum atomic E-state index is -0.121. The summed E-state index contributed by atoms with van der Waals surface area (Å²) in [6.07, 6.45) is 1.02.